The largest absolute Gasteiger partial charge is 0.494 e. The molecular formula is C18H23NO. The number of hydrogen-bond acceptors (Lipinski definition) is 2. The third-order valence-electron chi connectivity index (χ3n) is 3.45. The van der Waals surface area contributed by atoms with Gasteiger partial charge in [0.1, 0.15) is 5.75 Å². The van der Waals surface area contributed by atoms with Crippen LogP contribution in [0.3, 0.4) is 0 Å². The lowest BCUT2D eigenvalue weighted by molar-refractivity contribution is 0.340. The van der Waals surface area contributed by atoms with E-state index in [4.69, 9.17) is 4.74 Å². The maximum absolute atomic E-state index is 5.46. The summed E-state index contributed by atoms with van der Waals surface area (Å²) in [7, 11) is 0. The van der Waals surface area contributed by atoms with Gasteiger partial charge in [0, 0.05) is 11.7 Å². The third kappa shape index (κ3) is 3.53. The summed E-state index contributed by atoms with van der Waals surface area (Å²) in [4.78, 5) is 0. The fourth-order valence-corrected chi connectivity index (χ4v) is 2.37. The van der Waals surface area contributed by atoms with E-state index in [2.05, 4.69) is 56.4 Å². The first-order valence-corrected chi connectivity index (χ1v) is 7.16. The molecule has 2 aromatic carbocycles. The van der Waals surface area contributed by atoms with Gasteiger partial charge in [-0.3, -0.25) is 0 Å². The molecule has 20 heavy (non-hydrogen) atoms. The van der Waals surface area contributed by atoms with E-state index < -0.39 is 0 Å². The van der Waals surface area contributed by atoms with Crippen molar-refractivity contribution in [2.24, 2.45) is 0 Å². The smallest absolute Gasteiger partial charge is 0.119 e. The molecule has 0 saturated heterocycles. The Labute approximate surface area is 121 Å². The molecule has 2 rings (SSSR count). The van der Waals surface area contributed by atoms with Gasteiger partial charge in [-0.2, -0.15) is 0 Å². The Morgan fingerprint density at radius 3 is 2.40 bits per heavy atom. The van der Waals surface area contributed by atoms with Gasteiger partial charge in [-0.25, -0.2) is 0 Å². The van der Waals surface area contributed by atoms with Crippen LogP contribution in [0.5, 0.6) is 5.75 Å². The standard InChI is InChI=1S/C18H23NO/c1-5-20-17-10-8-16(9-11-17)19-15(4)18-12-13(2)6-7-14(18)3/h6-12,15,19H,5H2,1-4H3. The number of aryl methyl sites for hydroxylation is 2. The molecule has 0 amide bonds. The molecule has 1 N–H and O–H groups in total. The van der Waals surface area contributed by atoms with Crippen LogP contribution in [0.25, 0.3) is 0 Å². The molecule has 0 aliphatic heterocycles. The highest BCUT2D eigenvalue weighted by atomic mass is 16.5. The van der Waals surface area contributed by atoms with Crippen LogP contribution in [0.1, 0.15) is 36.6 Å². The molecule has 0 bridgehead atoms. The molecule has 2 aromatic rings. The lowest BCUT2D eigenvalue weighted by Gasteiger charge is -2.18. The van der Waals surface area contributed by atoms with Gasteiger partial charge in [-0.05, 0) is 63.1 Å². The summed E-state index contributed by atoms with van der Waals surface area (Å²) >= 11 is 0. The van der Waals surface area contributed by atoms with Gasteiger partial charge in [0.05, 0.1) is 6.61 Å². The number of ether oxygens (including phenoxy) is 1. The summed E-state index contributed by atoms with van der Waals surface area (Å²) in [5, 5.41) is 3.54. The Kier molecular flexibility index (Phi) is 4.67. The van der Waals surface area contributed by atoms with E-state index in [1.165, 1.54) is 16.7 Å². The Bertz CT molecular complexity index is 560. The van der Waals surface area contributed by atoms with E-state index >= 15 is 0 Å². The summed E-state index contributed by atoms with van der Waals surface area (Å²) in [5.74, 6) is 0.914. The maximum atomic E-state index is 5.46. The molecule has 0 radical (unpaired) electrons. The topological polar surface area (TPSA) is 21.3 Å². The van der Waals surface area contributed by atoms with Crippen molar-refractivity contribution in [1.82, 2.24) is 0 Å². The number of nitrogens with one attached hydrogen (secondary N) is 1. The molecule has 0 aromatic heterocycles. The van der Waals surface area contributed by atoms with Crippen molar-refractivity contribution >= 4 is 5.69 Å². The van der Waals surface area contributed by atoms with E-state index in [1.54, 1.807) is 0 Å². The average molecular weight is 269 g/mol. The Morgan fingerprint density at radius 2 is 1.75 bits per heavy atom. The van der Waals surface area contributed by atoms with E-state index in [-0.39, 0.29) is 6.04 Å². The number of rotatable bonds is 5. The van der Waals surface area contributed by atoms with Crippen LogP contribution in [0.15, 0.2) is 42.5 Å². The van der Waals surface area contributed by atoms with Crippen LogP contribution in [0, 0.1) is 13.8 Å². The van der Waals surface area contributed by atoms with E-state index in [0.29, 0.717) is 6.61 Å². The van der Waals surface area contributed by atoms with Crippen molar-refractivity contribution in [2.75, 3.05) is 11.9 Å². The fourth-order valence-electron chi connectivity index (χ4n) is 2.37. The van der Waals surface area contributed by atoms with Gasteiger partial charge < -0.3 is 10.1 Å². The van der Waals surface area contributed by atoms with Crippen molar-refractivity contribution in [1.29, 1.82) is 0 Å². The predicted octanol–water partition coefficient (Wildman–Crippen LogP) is 4.88. The second-order valence-corrected chi connectivity index (χ2v) is 5.18. The summed E-state index contributed by atoms with van der Waals surface area (Å²) < 4.78 is 5.46. The fraction of sp³-hybridized carbons (Fsp3) is 0.333. The molecule has 0 aliphatic carbocycles. The van der Waals surface area contributed by atoms with E-state index in [9.17, 15) is 0 Å². The van der Waals surface area contributed by atoms with Crippen LogP contribution in [-0.4, -0.2) is 6.61 Å². The van der Waals surface area contributed by atoms with Crippen molar-refractivity contribution < 1.29 is 4.74 Å². The van der Waals surface area contributed by atoms with Crippen molar-refractivity contribution in [2.45, 2.75) is 33.7 Å². The summed E-state index contributed by atoms with van der Waals surface area (Å²) in [6.07, 6.45) is 0. The lowest BCUT2D eigenvalue weighted by Crippen LogP contribution is -2.08. The Hall–Kier alpha value is -1.96. The average Bonchev–Trinajstić information content (AvgIpc) is 2.44. The SMILES string of the molecule is CCOc1ccc(NC(C)c2cc(C)ccc2C)cc1. The molecule has 0 aliphatic rings. The normalized spacial score (nSPS) is 12.0. The van der Waals surface area contributed by atoms with Crippen molar-refractivity contribution in [3.8, 4) is 5.75 Å². The molecule has 2 heteroatoms. The number of benzene rings is 2. The second-order valence-electron chi connectivity index (χ2n) is 5.18. The quantitative estimate of drug-likeness (QED) is 0.835. The first-order valence-electron chi connectivity index (χ1n) is 7.16. The molecule has 1 unspecified atom stereocenters. The van der Waals surface area contributed by atoms with Gasteiger partial charge >= 0.3 is 0 Å². The first kappa shape index (κ1) is 14.4. The molecule has 0 fully saturated rings. The van der Waals surface area contributed by atoms with Crippen LogP contribution in [0.2, 0.25) is 0 Å². The summed E-state index contributed by atoms with van der Waals surface area (Å²) in [6, 6.07) is 15.0. The van der Waals surface area contributed by atoms with E-state index in [1.807, 2.05) is 19.1 Å². The molecular weight excluding hydrogens is 246 g/mol. The van der Waals surface area contributed by atoms with Gasteiger partial charge in [0.15, 0.2) is 0 Å². The molecule has 0 heterocycles. The molecule has 2 nitrogen and oxygen atoms in total. The van der Waals surface area contributed by atoms with Crippen LogP contribution in [-0.2, 0) is 0 Å². The zero-order valence-electron chi connectivity index (χ0n) is 12.7. The van der Waals surface area contributed by atoms with E-state index in [0.717, 1.165) is 11.4 Å². The minimum Gasteiger partial charge on any atom is -0.494 e. The van der Waals surface area contributed by atoms with Crippen molar-refractivity contribution in [3.63, 3.8) is 0 Å². The Morgan fingerprint density at radius 1 is 1.05 bits per heavy atom. The molecule has 0 spiro atoms. The lowest BCUT2D eigenvalue weighted by atomic mass is 10.00. The van der Waals surface area contributed by atoms with Crippen LogP contribution < -0.4 is 10.1 Å². The zero-order chi connectivity index (χ0) is 14.5. The summed E-state index contributed by atoms with van der Waals surface area (Å²) in [6.45, 7) is 9.18. The highest BCUT2D eigenvalue weighted by molar-refractivity contribution is 5.49. The zero-order valence-corrected chi connectivity index (χ0v) is 12.7. The Balaban J connectivity index is 2.10. The first-order chi connectivity index (χ1) is 9.60. The molecule has 0 saturated carbocycles. The van der Waals surface area contributed by atoms with Crippen molar-refractivity contribution in [3.05, 3.63) is 59.2 Å². The van der Waals surface area contributed by atoms with Gasteiger partial charge in [-0.15, -0.1) is 0 Å². The van der Waals surface area contributed by atoms with Gasteiger partial charge in [-0.1, -0.05) is 23.8 Å². The molecule has 106 valence electrons. The maximum Gasteiger partial charge on any atom is 0.119 e. The van der Waals surface area contributed by atoms with Gasteiger partial charge in [0.25, 0.3) is 0 Å². The van der Waals surface area contributed by atoms with Gasteiger partial charge in [0.2, 0.25) is 0 Å². The monoisotopic (exact) mass is 269 g/mol. The minimum atomic E-state index is 0.285. The summed E-state index contributed by atoms with van der Waals surface area (Å²) in [5.41, 5.74) is 5.08. The highest BCUT2D eigenvalue weighted by Crippen LogP contribution is 2.24. The number of anilines is 1. The molecule has 1 atom stereocenters. The minimum absolute atomic E-state index is 0.285. The second kappa shape index (κ2) is 6.47. The number of hydrogen-bond donors (Lipinski definition) is 1. The predicted molar refractivity (Wildman–Crippen MR) is 85.6 cm³/mol. The third-order valence-corrected chi connectivity index (χ3v) is 3.45. The van der Waals surface area contributed by atoms with Crippen LogP contribution >= 0.6 is 0 Å². The van der Waals surface area contributed by atoms with Crippen LogP contribution in [0.4, 0.5) is 5.69 Å². The highest BCUT2D eigenvalue weighted by Gasteiger charge is 2.08.